The van der Waals surface area contributed by atoms with E-state index in [0.29, 0.717) is 0 Å². The van der Waals surface area contributed by atoms with Crippen LogP contribution < -0.4 is 15.5 Å². The average molecular weight is 450 g/mol. The Labute approximate surface area is 198 Å². The maximum absolute atomic E-state index is 9.68. The summed E-state index contributed by atoms with van der Waals surface area (Å²) in [6.45, 7) is 8.15. The molecule has 1 unspecified atom stereocenters. The van der Waals surface area contributed by atoms with E-state index in [2.05, 4.69) is 80.9 Å². The lowest BCUT2D eigenvalue weighted by Crippen LogP contribution is -2.38. The van der Waals surface area contributed by atoms with E-state index in [0.717, 1.165) is 58.1 Å². The van der Waals surface area contributed by atoms with Gasteiger partial charge in [-0.1, -0.05) is 36.4 Å². The van der Waals surface area contributed by atoms with Gasteiger partial charge in [-0.25, -0.2) is 0 Å². The van der Waals surface area contributed by atoms with Crippen molar-refractivity contribution in [3.05, 3.63) is 65.2 Å². The van der Waals surface area contributed by atoms with Crippen LogP contribution in [0.25, 0.3) is 0 Å². The van der Waals surface area contributed by atoms with Crippen molar-refractivity contribution in [2.75, 3.05) is 38.1 Å². The predicted molar refractivity (Wildman–Crippen MR) is 137 cm³/mol. The van der Waals surface area contributed by atoms with E-state index in [1.807, 2.05) is 7.05 Å². The third kappa shape index (κ3) is 6.71. The van der Waals surface area contributed by atoms with Gasteiger partial charge >= 0.3 is 0 Å². The largest absolute Gasteiger partial charge is 0.393 e. The highest BCUT2D eigenvalue weighted by atomic mass is 16.3. The third-order valence-corrected chi connectivity index (χ3v) is 6.86. The molecule has 2 aromatic carbocycles. The number of guanidine groups is 1. The summed E-state index contributed by atoms with van der Waals surface area (Å²) in [5, 5.41) is 16.7. The molecule has 0 bridgehead atoms. The molecule has 2 aromatic rings. The lowest BCUT2D eigenvalue weighted by molar-refractivity contribution is 0.0792. The molecule has 0 amide bonds. The number of hydrogen-bond acceptors (Lipinski definition) is 4. The number of anilines is 1. The van der Waals surface area contributed by atoms with Gasteiger partial charge < -0.3 is 20.6 Å². The Morgan fingerprint density at radius 3 is 2.42 bits per heavy atom. The summed E-state index contributed by atoms with van der Waals surface area (Å²) in [4.78, 5) is 9.32. The predicted octanol–water partition coefficient (Wildman–Crippen LogP) is 3.67. The van der Waals surface area contributed by atoms with Gasteiger partial charge in [-0.15, -0.1) is 0 Å². The maximum atomic E-state index is 9.68. The number of nitrogens with one attached hydrogen (secondary N) is 2. The Morgan fingerprint density at radius 1 is 1.03 bits per heavy atom. The second kappa shape index (κ2) is 11.5. The van der Waals surface area contributed by atoms with Crippen LogP contribution in [0.2, 0.25) is 0 Å². The van der Waals surface area contributed by atoms with E-state index in [9.17, 15) is 5.11 Å². The fraction of sp³-hybridized carbons (Fsp3) is 0.519. The molecule has 2 heterocycles. The minimum absolute atomic E-state index is 0.116. The number of likely N-dealkylation sites (tertiary alicyclic amines) is 1. The summed E-state index contributed by atoms with van der Waals surface area (Å²) >= 11 is 0. The smallest absolute Gasteiger partial charge is 0.191 e. The van der Waals surface area contributed by atoms with Crippen LogP contribution in [0.5, 0.6) is 0 Å². The van der Waals surface area contributed by atoms with Gasteiger partial charge in [0.1, 0.15) is 0 Å². The van der Waals surface area contributed by atoms with Crippen molar-refractivity contribution in [1.82, 2.24) is 15.5 Å². The molecule has 1 atom stereocenters. The SMILES string of the molecule is CN=C(NCc1ccc(CN2CCC(O)CC2)cc1)NC(C)c1cccc(N2CCCC2)c1. The Balaban J connectivity index is 1.26. The molecule has 0 saturated carbocycles. The van der Waals surface area contributed by atoms with E-state index >= 15 is 0 Å². The van der Waals surface area contributed by atoms with Gasteiger partial charge in [0.05, 0.1) is 12.1 Å². The number of aliphatic hydroxyl groups is 1. The molecule has 0 radical (unpaired) electrons. The van der Waals surface area contributed by atoms with Crippen LogP contribution in [0.1, 0.15) is 55.3 Å². The monoisotopic (exact) mass is 449 g/mol. The highest BCUT2D eigenvalue weighted by Gasteiger charge is 2.17. The Kier molecular flexibility index (Phi) is 8.24. The molecule has 178 valence electrons. The molecule has 2 aliphatic heterocycles. The first kappa shape index (κ1) is 23.6. The van der Waals surface area contributed by atoms with Crippen molar-refractivity contribution in [3.8, 4) is 0 Å². The van der Waals surface area contributed by atoms with Gasteiger partial charge in [0.2, 0.25) is 0 Å². The average Bonchev–Trinajstić information content (AvgIpc) is 3.39. The van der Waals surface area contributed by atoms with Crippen LogP contribution in [-0.4, -0.2) is 55.3 Å². The van der Waals surface area contributed by atoms with Crippen LogP contribution >= 0.6 is 0 Å². The number of aliphatic hydroxyl groups excluding tert-OH is 1. The molecule has 33 heavy (non-hydrogen) atoms. The molecule has 0 aromatic heterocycles. The molecule has 3 N–H and O–H groups in total. The lowest BCUT2D eigenvalue weighted by atomic mass is 10.1. The second-order valence-electron chi connectivity index (χ2n) is 9.40. The summed E-state index contributed by atoms with van der Waals surface area (Å²) in [7, 11) is 1.82. The van der Waals surface area contributed by atoms with E-state index in [1.54, 1.807) is 0 Å². The summed E-state index contributed by atoms with van der Waals surface area (Å²) in [6.07, 6.45) is 4.23. The molecule has 4 rings (SSSR count). The van der Waals surface area contributed by atoms with Crippen LogP contribution in [-0.2, 0) is 13.1 Å². The summed E-state index contributed by atoms with van der Waals surface area (Å²) in [6, 6.07) is 17.8. The summed E-state index contributed by atoms with van der Waals surface area (Å²) < 4.78 is 0. The van der Waals surface area contributed by atoms with E-state index in [-0.39, 0.29) is 12.1 Å². The number of benzene rings is 2. The van der Waals surface area contributed by atoms with Crippen LogP contribution in [0.4, 0.5) is 5.69 Å². The van der Waals surface area contributed by atoms with Gasteiger partial charge in [-0.2, -0.15) is 0 Å². The van der Waals surface area contributed by atoms with E-state index < -0.39 is 0 Å². The second-order valence-corrected chi connectivity index (χ2v) is 9.40. The zero-order valence-corrected chi connectivity index (χ0v) is 20.1. The van der Waals surface area contributed by atoms with Gasteiger partial charge in [0.15, 0.2) is 5.96 Å². The van der Waals surface area contributed by atoms with Gasteiger partial charge in [0, 0.05) is 52.0 Å². The van der Waals surface area contributed by atoms with E-state index in [4.69, 9.17) is 0 Å². The normalized spacial score (nSPS) is 19.0. The molecule has 6 nitrogen and oxygen atoms in total. The Hall–Kier alpha value is -2.57. The molecule has 2 saturated heterocycles. The molecule has 2 fully saturated rings. The minimum Gasteiger partial charge on any atom is -0.393 e. The molecule has 0 aliphatic carbocycles. The lowest BCUT2D eigenvalue weighted by Gasteiger charge is -2.29. The van der Waals surface area contributed by atoms with Crippen molar-refractivity contribution in [1.29, 1.82) is 0 Å². The first-order valence-electron chi connectivity index (χ1n) is 12.4. The zero-order chi connectivity index (χ0) is 23.0. The number of nitrogens with zero attached hydrogens (tertiary/aromatic N) is 3. The maximum Gasteiger partial charge on any atom is 0.191 e. The zero-order valence-electron chi connectivity index (χ0n) is 20.1. The van der Waals surface area contributed by atoms with Crippen molar-refractivity contribution in [3.63, 3.8) is 0 Å². The highest BCUT2D eigenvalue weighted by Crippen LogP contribution is 2.24. The van der Waals surface area contributed by atoms with Crippen molar-refractivity contribution in [2.24, 2.45) is 4.99 Å². The van der Waals surface area contributed by atoms with Crippen LogP contribution in [0, 0.1) is 0 Å². The minimum atomic E-state index is -0.116. The number of rotatable bonds is 7. The molecule has 0 spiro atoms. The van der Waals surface area contributed by atoms with Crippen molar-refractivity contribution >= 4 is 11.6 Å². The summed E-state index contributed by atoms with van der Waals surface area (Å²) in [5.74, 6) is 0.810. The number of aliphatic imine (C=N–C) groups is 1. The van der Waals surface area contributed by atoms with Crippen molar-refractivity contribution in [2.45, 2.75) is 57.8 Å². The quantitative estimate of drug-likeness (QED) is 0.445. The first-order valence-corrected chi connectivity index (χ1v) is 12.4. The van der Waals surface area contributed by atoms with Crippen LogP contribution in [0.15, 0.2) is 53.5 Å². The molecule has 6 heteroatoms. The number of piperidine rings is 1. The van der Waals surface area contributed by atoms with Gasteiger partial charge in [-0.05, 0) is 61.4 Å². The molecular weight excluding hydrogens is 410 g/mol. The third-order valence-electron chi connectivity index (χ3n) is 6.86. The highest BCUT2D eigenvalue weighted by molar-refractivity contribution is 5.80. The van der Waals surface area contributed by atoms with Crippen LogP contribution in [0.3, 0.4) is 0 Å². The Morgan fingerprint density at radius 2 is 1.73 bits per heavy atom. The number of hydrogen-bond donors (Lipinski definition) is 3. The Bertz CT molecular complexity index is 899. The summed E-state index contributed by atoms with van der Waals surface area (Å²) in [5.41, 5.74) is 5.16. The van der Waals surface area contributed by atoms with E-state index in [1.165, 1.54) is 35.2 Å². The molecule has 2 aliphatic rings. The molecular formula is C27H39N5O. The fourth-order valence-electron chi connectivity index (χ4n) is 4.73. The fourth-order valence-corrected chi connectivity index (χ4v) is 4.73. The topological polar surface area (TPSA) is 63.1 Å². The van der Waals surface area contributed by atoms with Gasteiger partial charge in [-0.3, -0.25) is 9.89 Å². The van der Waals surface area contributed by atoms with Crippen molar-refractivity contribution < 1.29 is 5.11 Å². The first-order chi connectivity index (χ1) is 16.1. The standard InChI is InChI=1S/C27H39N5O/c1-21(24-6-5-7-25(18-24)32-14-3-4-15-32)30-27(28-2)29-19-22-8-10-23(11-9-22)20-31-16-12-26(33)13-17-31/h5-11,18,21,26,33H,3-4,12-17,19-20H2,1-2H3,(H2,28,29,30). The van der Waals surface area contributed by atoms with Gasteiger partial charge in [0.25, 0.3) is 0 Å².